The quantitative estimate of drug-likeness (QED) is 0.848. The second kappa shape index (κ2) is 7.62. The Hall–Kier alpha value is -2.14. The number of aryl methyl sites for hydroxylation is 1. The summed E-state index contributed by atoms with van der Waals surface area (Å²) < 4.78 is 5.68. The zero-order valence-corrected chi connectivity index (χ0v) is 15.9. The molecule has 1 aromatic heterocycles. The maximum Gasteiger partial charge on any atom is 0.410 e. The molecule has 1 saturated carbocycles. The summed E-state index contributed by atoms with van der Waals surface area (Å²) in [5.74, 6) is 0. The molecule has 0 atom stereocenters. The first-order valence-electron chi connectivity index (χ1n) is 9.33. The smallest absolute Gasteiger partial charge is 0.410 e. The van der Waals surface area contributed by atoms with Gasteiger partial charge in [0.25, 0.3) is 0 Å². The Morgan fingerprint density at radius 3 is 2.77 bits per heavy atom. The predicted molar refractivity (Wildman–Crippen MR) is 102 cm³/mol. The van der Waals surface area contributed by atoms with E-state index in [0.717, 1.165) is 41.3 Å². The molecule has 2 aromatic rings. The van der Waals surface area contributed by atoms with Crippen LogP contribution in [0.5, 0.6) is 0 Å². The Morgan fingerprint density at radius 2 is 2.12 bits per heavy atom. The van der Waals surface area contributed by atoms with E-state index in [-0.39, 0.29) is 24.8 Å². The monoisotopic (exact) mass is 356 g/mol. The highest BCUT2D eigenvalue weighted by Crippen LogP contribution is 2.33. The summed E-state index contributed by atoms with van der Waals surface area (Å²) in [7, 11) is 0. The van der Waals surface area contributed by atoms with E-state index in [9.17, 15) is 4.79 Å². The fraction of sp³-hybridized carbons (Fsp3) is 0.524. The normalized spacial score (nSPS) is 14.5. The minimum Gasteiger partial charge on any atom is -0.444 e. The first kappa shape index (κ1) is 18.6. The zero-order valence-electron chi connectivity index (χ0n) is 15.9. The van der Waals surface area contributed by atoms with Crippen molar-refractivity contribution in [2.45, 2.75) is 64.6 Å². The van der Waals surface area contributed by atoms with Crippen LogP contribution in [0.25, 0.3) is 10.9 Å². The fourth-order valence-electron chi connectivity index (χ4n) is 3.39. The van der Waals surface area contributed by atoms with Gasteiger partial charge in [-0.05, 0) is 64.2 Å². The van der Waals surface area contributed by atoms with Gasteiger partial charge in [-0.2, -0.15) is 0 Å². The van der Waals surface area contributed by atoms with Crippen molar-refractivity contribution in [1.82, 2.24) is 9.88 Å². The molecule has 26 heavy (non-hydrogen) atoms. The average Bonchev–Trinajstić information content (AvgIpc) is 3.41. The van der Waals surface area contributed by atoms with Gasteiger partial charge in [0.15, 0.2) is 0 Å². The number of carbonyl (C=O) groups excluding carboxylic acids is 1. The lowest BCUT2D eigenvalue weighted by molar-refractivity contribution is 0.0589. The van der Waals surface area contributed by atoms with E-state index in [1.54, 1.807) is 6.20 Å². The van der Waals surface area contributed by atoms with Crippen LogP contribution in [0.1, 0.15) is 51.2 Å². The molecule has 0 aliphatic heterocycles. The van der Waals surface area contributed by atoms with Crippen LogP contribution in [-0.4, -0.2) is 39.3 Å². The highest BCUT2D eigenvalue weighted by atomic mass is 16.6. The van der Waals surface area contributed by atoms with Crippen LogP contribution in [-0.2, 0) is 17.8 Å². The third kappa shape index (κ3) is 4.33. The number of pyridine rings is 1. The molecule has 140 valence electrons. The van der Waals surface area contributed by atoms with Crippen LogP contribution in [0, 0.1) is 0 Å². The summed E-state index contributed by atoms with van der Waals surface area (Å²) in [6.45, 7) is 6.49. The lowest BCUT2D eigenvalue weighted by atomic mass is 10.0. The third-order valence-corrected chi connectivity index (χ3v) is 4.65. The summed E-state index contributed by atoms with van der Waals surface area (Å²) in [5.41, 5.74) is 2.65. The van der Waals surface area contributed by atoms with Gasteiger partial charge < -0.3 is 14.7 Å². The number of hydrogen-bond acceptors (Lipinski definition) is 4. The average molecular weight is 356 g/mol. The second-order valence-electron chi connectivity index (χ2n) is 7.98. The van der Waals surface area contributed by atoms with Crippen LogP contribution in [0.4, 0.5) is 4.79 Å². The Morgan fingerprint density at radius 1 is 1.35 bits per heavy atom. The molecule has 1 N–H and O–H groups in total. The van der Waals surface area contributed by atoms with E-state index in [2.05, 4.69) is 11.1 Å². The zero-order chi connectivity index (χ0) is 18.7. The molecule has 0 unspecified atom stereocenters. The van der Waals surface area contributed by atoms with Crippen molar-refractivity contribution in [3.63, 3.8) is 0 Å². The molecule has 1 aliphatic rings. The minimum atomic E-state index is -0.259. The van der Waals surface area contributed by atoms with Crippen LogP contribution in [0.2, 0.25) is 0 Å². The van der Waals surface area contributed by atoms with Gasteiger partial charge in [-0.1, -0.05) is 12.1 Å². The van der Waals surface area contributed by atoms with Crippen molar-refractivity contribution >= 4 is 17.0 Å². The number of ether oxygens (including phenoxy) is 1. The molecule has 1 aliphatic carbocycles. The highest BCUT2D eigenvalue weighted by molar-refractivity contribution is 5.82. The summed E-state index contributed by atoms with van der Waals surface area (Å²) in [5, 5.41) is 10.1. The maximum atomic E-state index is 12.7. The Labute approximate surface area is 155 Å². The number of amides is 1. The summed E-state index contributed by atoms with van der Waals surface area (Å²) in [6.07, 6.45) is 5.10. The molecule has 5 heteroatoms. The van der Waals surface area contributed by atoms with Gasteiger partial charge in [-0.15, -0.1) is 0 Å². The number of aromatic nitrogens is 1. The number of benzene rings is 1. The lowest BCUT2D eigenvalue weighted by Crippen LogP contribution is -2.47. The van der Waals surface area contributed by atoms with Crippen molar-refractivity contribution in [1.29, 1.82) is 0 Å². The van der Waals surface area contributed by atoms with Crippen molar-refractivity contribution in [2.24, 2.45) is 0 Å². The largest absolute Gasteiger partial charge is 0.444 e. The SMILES string of the molecule is CC(C)(C)N(C(=O)OCc1cc(CCCO)cc2cccnc12)C1CC1. The number of aliphatic hydroxyl groups is 1. The van der Waals surface area contributed by atoms with E-state index in [4.69, 9.17) is 9.84 Å². The molecule has 1 heterocycles. The van der Waals surface area contributed by atoms with Crippen LogP contribution < -0.4 is 0 Å². The standard InChI is InChI=1S/C21H28N2O3/c1-21(2,3)23(18-8-9-18)20(25)26-14-17-13-15(6-5-11-24)12-16-7-4-10-22-19(16)17/h4,7,10,12-13,18,24H,5-6,8-9,11,14H2,1-3H3. The minimum absolute atomic E-state index is 0.164. The number of nitrogens with zero attached hydrogens (tertiary/aromatic N) is 2. The van der Waals surface area contributed by atoms with Gasteiger partial charge in [-0.25, -0.2) is 4.79 Å². The van der Waals surface area contributed by atoms with E-state index >= 15 is 0 Å². The first-order chi connectivity index (χ1) is 12.4. The van der Waals surface area contributed by atoms with Gasteiger partial charge in [-0.3, -0.25) is 4.98 Å². The summed E-state index contributed by atoms with van der Waals surface area (Å²) in [6, 6.07) is 8.35. The highest BCUT2D eigenvalue weighted by Gasteiger charge is 2.40. The molecule has 1 fully saturated rings. The Kier molecular flexibility index (Phi) is 5.47. The van der Waals surface area contributed by atoms with Crippen molar-refractivity contribution < 1.29 is 14.6 Å². The number of fused-ring (bicyclic) bond motifs is 1. The summed E-state index contributed by atoms with van der Waals surface area (Å²) >= 11 is 0. The molecule has 0 saturated heterocycles. The molecule has 1 amide bonds. The number of rotatable bonds is 6. The molecular weight excluding hydrogens is 328 g/mol. The molecule has 3 rings (SSSR count). The molecule has 0 bridgehead atoms. The van der Waals surface area contributed by atoms with E-state index in [1.165, 1.54) is 0 Å². The van der Waals surface area contributed by atoms with E-state index < -0.39 is 0 Å². The Bertz CT molecular complexity index is 778. The van der Waals surface area contributed by atoms with Crippen molar-refractivity contribution in [3.05, 3.63) is 41.6 Å². The van der Waals surface area contributed by atoms with E-state index in [1.807, 2.05) is 43.9 Å². The van der Waals surface area contributed by atoms with Crippen molar-refractivity contribution in [2.75, 3.05) is 6.61 Å². The maximum absolute atomic E-state index is 12.7. The van der Waals surface area contributed by atoms with Crippen LogP contribution in [0.15, 0.2) is 30.5 Å². The number of hydrogen-bond donors (Lipinski definition) is 1. The molecule has 0 radical (unpaired) electrons. The summed E-state index contributed by atoms with van der Waals surface area (Å²) in [4.78, 5) is 19.0. The van der Waals surface area contributed by atoms with E-state index in [0.29, 0.717) is 12.5 Å². The lowest BCUT2D eigenvalue weighted by Gasteiger charge is -2.35. The second-order valence-corrected chi connectivity index (χ2v) is 7.98. The predicted octanol–water partition coefficient (Wildman–Crippen LogP) is 4.06. The molecular formula is C21H28N2O3. The van der Waals surface area contributed by atoms with Crippen LogP contribution >= 0.6 is 0 Å². The molecule has 0 spiro atoms. The van der Waals surface area contributed by atoms with Gasteiger partial charge in [0.2, 0.25) is 0 Å². The van der Waals surface area contributed by atoms with Gasteiger partial charge in [0, 0.05) is 35.3 Å². The third-order valence-electron chi connectivity index (χ3n) is 4.65. The Balaban J connectivity index is 1.80. The topological polar surface area (TPSA) is 62.7 Å². The van der Waals surface area contributed by atoms with Crippen molar-refractivity contribution in [3.8, 4) is 0 Å². The number of aliphatic hydroxyl groups excluding tert-OH is 1. The fourth-order valence-corrected chi connectivity index (χ4v) is 3.39. The van der Waals surface area contributed by atoms with Gasteiger partial charge in [0.05, 0.1) is 5.52 Å². The van der Waals surface area contributed by atoms with Gasteiger partial charge in [0.1, 0.15) is 6.61 Å². The molecule has 5 nitrogen and oxygen atoms in total. The first-order valence-corrected chi connectivity index (χ1v) is 9.33. The molecule has 1 aromatic carbocycles. The van der Waals surface area contributed by atoms with Crippen LogP contribution in [0.3, 0.4) is 0 Å². The number of carbonyl (C=O) groups is 1. The van der Waals surface area contributed by atoms with Gasteiger partial charge >= 0.3 is 6.09 Å².